The fourth-order valence-corrected chi connectivity index (χ4v) is 7.00. The molecule has 42 heavy (non-hydrogen) atoms. The quantitative estimate of drug-likeness (QED) is 0.490. The predicted molar refractivity (Wildman–Crippen MR) is 156 cm³/mol. The number of carbonyl (C=O) groups is 3. The summed E-state index contributed by atoms with van der Waals surface area (Å²) in [6.07, 6.45) is 7.25. The zero-order valence-corrected chi connectivity index (χ0v) is 24.0. The summed E-state index contributed by atoms with van der Waals surface area (Å²) >= 11 is 0. The molecule has 6 atom stereocenters. The summed E-state index contributed by atoms with van der Waals surface area (Å²) in [7, 11) is 0. The first-order valence-corrected chi connectivity index (χ1v) is 14.8. The molecule has 1 spiro atoms. The lowest BCUT2D eigenvalue weighted by molar-refractivity contribution is -0.150. The highest BCUT2D eigenvalue weighted by Gasteiger charge is 2.72. The molecule has 2 aromatic rings. The minimum atomic E-state index is -1.33. The molecule has 4 heterocycles. The van der Waals surface area contributed by atoms with Crippen molar-refractivity contribution >= 4 is 23.4 Å². The van der Waals surface area contributed by atoms with Crippen LogP contribution < -0.4 is 9.64 Å². The largest absolute Gasteiger partial charge is 0.494 e. The average molecular weight is 572 g/mol. The Bertz CT molecular complexity index is 1390. The Morgan fingerprint density at radius 2 is 1.74 bits per heavy atom. The summed E-state index contributed by atoms with van der Waals surface area (Å²) in [4.78, 5) is 48.0. The molecular weight excluding hydrogens is 534 g/mol. The highest BCUT2D eigenvalue weighted by Crippen LogP contribution is 2.54. The fraction of sp³-hybridized carbons (Fsp3) is 0.424. The third kappa shape index (κ3) is 4.51. The highest BCUT2D eigenvalue weighted by atomic mass is 16.5. The Kier molecular flexibility index (Phi) is 7.64. The third-order valence-electron chi connectivity index (χ3n) is 8.93. The molecular formula is C33H37N3O6. The van der Waals surface area contributed by atoms with Crippen LogP contribution in [-0.2, 0) is 25.7 Å². The Hall–Kier alpha value is -3.95. The highest BCUT2D eigenvalue weighted by molar-refractivity contribution is 6.04. The number of nitrogens with zero attached hydrogens (tertiary/aromatic N) is 3. The number of rotatable bonds is 8. The lowest BCUT2D eigenvalue weighted by Gasteiger charge is -2.38. The van der Waals surface area contributed by atoms with Crippen molar-refractivity contribution in [1.29, 1.82) is 0 Å². The maximum Gasteiger partial charge on any atom is 0.249 e. The number of aliphatic hydroxyl groups excluding tert-OH is 1. The smallest absolute Gasteiger partial charge is 0.249 e. The number of amides is 3. The second kappa shape index (κ2) is 11.4. The van der Waals surface area contributed by atoms with Crippen molar-refractivity contribution in [2.45, 2.75) is 50.6 Å². The van der Waals surface area contributed by atoms with E-state index < -0.39 is 35.6 Å². The van der Waals surface area contributed by atoms with Crippen molar-refractivity contribution in [2.75, 3.05) is 31.2 Å². The van der Waals surface area contributed by atoms with Crippen LogP contribution in [0, 0.1) is 11.8 Å². The number of aliphatic hydroxyl groups is 1. The van der Waals surface area contributed by atoms with E-state index in [1.54, 1.807) is 9.80 Å². The van der Waals surface area contributed by atoms with E-state index in [2.05, 4.69) is 0 Å². The van der Waals surface area contributed by atoms with E-state index in [0.717, 1.165) is 5.56 Å². The van der Waals surface area contributed by atoms with E-state index in [-0.39, 0.29) is 24.3 Å². The zero-order valence-electron chi connectivity index (χ0n) is 24.0. The maximum atomic E-state index is 14.4. The predicted octanol–water partition coefficient (Wildman–Crippen LogP) is 2.94. The molecule has 0 aliphatic carbocycles. The number of likely N-dealkylation sites (tertiary alicyclic amines) is 1. The van der Waals surface area contributed by atoms with Crippen molar-refractivity contribution in [1.82, 2.24) is 9.80 Å². The van der Waals surface area contributed by atoms with Crippen LogP contribution in [0.25, 0.3) is 0 Å². The van der Waals surface area contributed by atoms with E-state index in [1.807, 2.05) is 92.7 Å². The molecule has 0 bridgehead atoms. The van der Waals surface area contributed by atoms with Crippen LogP contribution in [0.1, 0.15) is 25.8 Å². The first kappa shape index (κ1) is 28.2. The fourth-order valence-electron chi connectivity index (χ4n) is 7.00. The summed E-state index contributed by atoms with van der Waals surface area (Å²) in [5.41, 5.74) is 0.328. The normalized spacial score (nSPS) is 29.2. The first-order valence-electron chi connectivity index (χ1n) is 14.8. The summed E-state index contributed by atoms with van der Waals surface area (Å²) in [5.74, 6) is -1.84. The van der Waals surface area contributed by atoms with Gasteiger partial charge in [-0.2, -0.15) is 0 Å². The molecule has 2 aromatic carbocycles. The number of ether oxygens (including phenoxy) is 2. The molecule has 0 saturated carbocycles. The summed E-state index contributed by atoms with van der Waals surface area (Å²) in [6.45, 7) is 5.08. The first-order chi connectivity index (χ1) is 20.4. The third-order valence-corrected chi connectivity index (χ3v) is 8.93. The van der Waals surface area contributed by atoms with Gasteiger partial charge in [-0.15, -0.1) is 0 Å². The van der Waals surface area contributed by atoms with Gasteiger partial charge >= 0.3 is 0 Å². The second-order valence-corrected chi connectivity index (χ2v) is 11.2. The number of fused-ring (bicyclic) bond motifs is 2. The Morgan fingerprint density at radius 1 is 0.976 bits per heavy atom. The molecule has 9 nitrogen and oxygen atoms in total. The van der Waals surface area contributed by atoms with Crippen molar-refractivity contribution in [3.8, 4) is 5.75 Å². The molecule has 0 radical (unpaired) electrons. The van der Waals surface area contributed by atoms with Gasteiger partial charge in [-0.05, 0) is 43.2 Å². The molecule has 3 amide bonds. The minimum Gasteiger partial charge on any atom is -0.494 e. The SMILES string of the molecule is CCOc1ccc(N2CC=C[C@@H]3O[C@]45C=CCN(Cc6ccccc6)C(=O)C4N([C@@H](CC)CO)C(=O)[C@@H]5[C@@H]3C2=O)cc1. The number of benzene rings is 2. The van der Waals surface area contributed by atoms with Gasteiger partial charge in [0, 0.05) is 25.3 Å². The van der Waals surface area contributed by atoms with E-state index in [4.69, 9.17) is 9.47 Å². The van der Waals surface area contributed by atoms with Crippen molar-refractivity contribution in [2.24, 2.45) is 11.8 Å². The minimum absolute atomic E-state index is 0.228. The molecule has 9 heteroatoms. The molecule has 220 valence electrons. The maximum absolute atomic E-state index is 14.4. The average Bonchev–Trinajstić information content (AvgIpc) is 3.32. The van der Waals surface area contributed by atoms with Gasteiger partial charge in [0.1, 0.15) is 17.4 Å². The van der Waals surface area contributed by atoms with E-state index >= 15 is 0 Å². The van der Waals surface area contributed by atoms with Gasteiger partial charge in [-0.3, -0.25) is 14.4 Å². The Labute approximate surface area is 246 Å². The summed E-state index contributed by atoms with van der Waals surface area (Å²) < 4.78 is 12.3. The van der Waals surface area contributed by atoms with E-state index in [0.29, 0.717) is 44.1 Å². The van der Waals surface area contributed by atoms with E-state index in [9.17, 15) is 19.5 Å². The van der Waals surface area contributed by atoms with Crippen LogP contribution in [0.3, 0.4) is 0 Å². The molecule has 0 aromatic heterocycles. The standard InChI is InChI=1S/C33H37N3O6/c1-3-23(21-37)36-29-32(40)34(20-22-10-6-5-7-11-22)18-9-17-33(29)28(31(36)39)27-26(42-33)12-8-19-35(30(27)38)24-13-15-25(16-14-24)41-4-2/h5-17,23,26-29,37H,3-4,18-21H2,1-2H3/t23-,26-,27+,28-,29?,33-/m0/s1. The van der Waals surface area contributed by atoms with Crippen LogP contribution in [0.2, 0.25) is 0 Å². The molecule has 2 saturated heterocycles. The molecule has 1 N–H and O–H groups in total. The van der Waals surface area contributed by atoms with Crippen molar-refractivity contribution in [3.63, 3.8) is 0 Å². The van der Waals surface area contributed by atoms with Crippen LogP contribution in [0.4, 0.5) is 5.69 Å². The van der Waals surface area contributed by atoms with Gasteiger partial charge in [0.2, 0.25) is 17.7 Å². The zero-order chi connectivity index (χ0) is 29.4. The molecule has 4 aliphatic heterocycles. The lowest BCUT2D eigenvalue weighted by atomic mass is 9.77. The van der Waals surface area contributed by atoms with Gasteiger partial charge in [0.25, 0.3) is 0 Å². The van der Waals surface area contributed by atoms with Crippen LogP contribution >= 0.6 is 0 Å². The number of hydrogen-bond acceptors (Lipinski definition) is 6. The monoisotopic (exact) mass is 571 g/mol. The number of carbonyl (C=O) groups excluding carboxylic acids is 3. The Balaban J connectivity index is 1.39. The Morgan fingerprint density at radius 3 is 2.43 bits per heavy atom. The lowest BCUT2D eigenvalue weighted by Crippen LogP contribution is -2.57. The van der Waals surface area contributed by atoms with E-state index in [1.165, 1.54) is 4.90 Å². The van der Waals surface area contributed by atoms with Crippen LogP contribution in [0.15, 0.2) is 78.9 Å². The van der Waals surface area contributed by atoms with Gasteiger partial charge in [-0.25, -0.2) is 0 Å². The topological polar surface area (TPSA) is 99.6 Å². The second-order valence-electron chi connectivity index (χ2n) is 11.2. The van der Waals surface area contributed by atoms with Gasteiger partial charge in [0.15, 0.2) is 0 Å². The molecule has 1 unspecified atom stereocenters. The van der Waals surface area contributed by atoms with Crippen LogP contribution in [-0.4, -0.2) is 82.7 Å². The molecule has 6 rings (SSSR count). The van der Waals surface area contributed by atoms with Crippen molar-refractivity contribution in [3.05, 3.63) is 84.5 Å². The van der Waals surface area contributed by atoms with Gasteiger partial charge in [-0.1, -0.05) is 61.6 Å². The number of anilines is 1. The van der Waals surface area contributed by atoms with Crippen molar-refractivity contribution < 1.29 is 29.0 Å². The van der Waals surface area contributed by atoms with Crippen LogP contribution in [0.5, 0.6) is 5.75 Å². The molecule has 2 fully saturated rings. The summed E-state index contributed by atoms with van der Waals surface area (Å²) in [5, 5.41) is 10.3. The number of hydrogen-bond donors (Lipinski definition) is 1. The van der Waals surface area contributed by atoms with Gasteiger partial charge < -0.3 is 29.3 Å². The molecule has 4 aliphatic rings. The van der Waals surface area contributed by atoms with Gasteiger partial charge in [0.05, 0.1) is 37.2 Å². The summed E-state index contributed by atoms with van der Waals surface area (Å²) in [6, 6.07) is 15.4.